The highest BCUT2D eigenvalue weighted by Crippen LogP contribution is 2.25. The highest BCUT2D eigenvalue weighted by molar-refractivity contribution is 6.32. The van der Waals surface area contributed by atoms with E-state index in [9.17, 15) is 9.59 Å². The van der Waals surface area contributed by atoms with Crippen molar-refractivity contribution in [3.8, 4) is 5.75 Å². The van der Waals surface area contributed by atoms with Gasteiger partial charge in [-0.25, -0.2) is 4.79 Å². The Morgan fingerprint density at radius 2 is 2.04 bits per heavy atom. The maximum atomic E-state index is 12.4. The van der Waals surface area contributed by atoms with E-state index >= 15 is 0 Å². The van der Waals surface area contributed by atoms with Gasteiger partial charge in [0.1, 0.15) is 11.6 Å². The molecule has 0 amide bonds. The first-order valence-corrected chi connectivity index (χ1v) is 7.33. The van der Waals surface area contributed by atoms with Crippen LogP contribution in [-0.2, 0) is 13.6 Å². The van der Waals surface area contributed by atoms with Crippen LogP contribution in [0, 0.1) is 0 Å². The molecule has 0 saturated heterocycles. The van der Waals surface area contributed by atoms with E-state index < -0.39 is 11.2 Å². The minimum atomic E-state index is -0.454. The van der Waals surface area contributed by atoms with Crippen LogP contribution in [-0.4, -0.2) is 34.5 Å². The number of anilines is 1. The summed E-state index contributed by atoms with van der Waals surface area (Å²) in [5, 5.41) is 12.2. The number of aliphatic hydroxyl groups excluding tert-OH is 1. The monoisotopic (exact) mass is 339 g/mol. The third-order valence-corrected chi connectivity index (χ3v) is 3.67. The molecule has 0 fully saturated rings. The van der Waals surface area contributed by atoms with E-state index in [1.807, 2.05) is 0 Å². The molecule has 7 nitrogen and oxygen atoms in total. The van der Waals surface area contributed by atoms with Crippen molar-refractivity contribution in [2.45, 2.75) is 6.54 Å². The zero-order valence-electron chi connectivity index (χ0n) is 12.9. The van der Waals surface area contributed by atoms with Crippen LogP contribution >= 0.6 is 11.6 Å². The number of aliphatic hydroxyl groups is 1. The summed E-state index contributed by atoms with van der Waals surface area (Å²) in [5.41, 5.74) is -0.0899. The Morgan fingerprint density at radius 3 is 2.65 bits per heavy atom. The predicted octanol–water partition coefficient (Wildman–Crippen LogP) is 0.662. The number of hydrogen-bond donors (Lipinski definition) is 2. The van der Waals surface area contributed by atoms with E-state index in [0.717, 1.165) is 10.1 Å². The molecule has 0 atom stereocenters. The summed E-state index contributed by atoms with van der Waals surface area (Å²) < 4.78 is 7.53. The van der Waals surface area contributed by atoms with E-state index in [-0.39, 0.29) is 19.7 Å². The van der Waals surface area contributed by atoms with Crippen LogP contribution in [0.4, 0.5) is 5.82 Å². The number of hydrogen-bond acceptors (Lipinski definition) is 5. The number of nitrogens with zero attached hydrogens (tertiary/aromatic N) is 2. The van der Waals surface area contributed by atoms with Crippen LogP contribution in [0.15, 0.2) is 33.9 Å². The summed E-state index contributed by atoms with van der Waals surface area (Å²) in [5.74, 6) is 0.890. The summed E-state index contributed by atoms with van der Waals surface area (Å²) in [6, 6.07) is 6.53. The predicted molar refractivity (Wildman–Crippen MR) is 88.6 cm³/mol. The number of benzene rings is 1. The zero-order valence-corrected chi connectivity index (χ0v) is 13.6. The second-order valence-electron chi connectivity index (χ2n) is 4.91. The Kier molecular flexibility index (Phi) is 5.46. The average molecular weight is 340 g/mol. The van der Waals surface area contributed by atoms with Gasteiger partial charge in [-0.2, -0.15) is 0 Å². The van der Waals surface area contributed by atoms with Crippen LogP contribution in [0.2, 0.25) is 5.02 Å². The summed E-state index contributed by atoms with van der Waals surface area (Å²) in [7, 11) is 2.94. The second kappa shape index (κ2) is 7.34. The van der Waals surface area contributed by atoms with Crippen molar-refractivity contribution in [3.63, 3.8) is 0 Å². The lowest BCUT2D eigenvalue weighted by atomic mass is 10.2. The van der Waals surface area contributed by atoms with Gasteiger partial charge < -0.3 is 15.2 Å². The first kappa shape index (κ1) is 17.1. The fourth-order valence-electron chi connectivity index (χ4n) is 2.14. The molecule has 0 aliphatic rings. The fraction of sp³-hybridized carbons (Fsp3) is 0.333. The van der Waals surface area contributed by atoms with Crippen molar-refractivity contribution in [2.75, 3.05) is 25.6 Å². The van der Waals surface area contributed by atoms with Crippen molar-refractivity contribution >= 4 is 17.4 Å². The topological polar surface area (TPSA) is 85.5 Å². The number of methoxy groups -OCH3 is 1. The van der Waals surface area contributed by atoms with Crippen molar-refractivity contribution < 1.29 is 9.84 Å². The van der Waals surface area contributed by atoms with Crippen LogP contribution < -0.4 is 21.3 Å². The molecule has 1 heterocycles. The van der Waals surface area contributed by atoms with Gasteiger partial charge in [0, 0.05) is 19.7 Å². The Labute approximate surface area is 137 Å². The quantitative estimate of drug-likeness (QED) is 0.807. The number of aromatic nitrogens is 2. The van der Waals surface area contributed by atoms with Gasteiger partial charge in [0.2, 0.25) is 0 Å². The molecule has 0 radical (unpaired) electrons. The highest BCUT2D eigenvalue weighted by atomic mass is 35.5. The third-order valence-electron chi connectivity index (χ3n) is 3.37. The lowest BCUT2D eigenvalue weighted by Crippen LogP contribution is -2.39. The molecular formula is C15H18ClN3O4. The first-order valence-electron chi connectivity index (χ1n) is 6.96. The normalized spacial score (nSPS) is 10.6. The molecular weight excluding hydrogens is 322 g/mol. The lowest BCUT2D eigenvalue weighted by Gasteiger charge is -2.15. The van der Waals surface area contributed by atoms with Gasteiger partial charge in [-0.05, 0) is 17.7 Å². The van der Waals surface area contributed by atoms with Crippen LogP contribution in [0.3, 0.4) is 0 Å². The second-order valence-corrected chi connectivity index (χ2v) is 5.32. The summed E-state index contributed by atoms with van der Waals surface area (Å²) in [6.07, 6.45) is 0. The Hall–Kier alpha value is -2.25. The third kappa shape index (κ3) is 3.75. The van der Waals surface area contributed by atoms with Crippen LogP contribution in [0.25, 0.3) is 0 Å². The molecule has 0 spiro atoms. The average Bonchev–Trinajstić information content (AvgIpc) is 2.54. The number of nitrogens with one attached hydrogen (secondary N) is 1. The Morgan fingerprint density at radius 1 is 1.30 bits per heavy atom. The first-order chi connectivity index (χ1) is 11.0. The zero-order chi connectivity index (χ0) is 17.0. The standard InChI is InChI=1S/C15H18ClN3O4/c1-18-14(21)8-13(17-5-6-20)19(15(18)22)9-10-3-4-12(23-2)11(16)7-10/h3-4,7-8,17,20H,5-6,9H2,1-2H3. The smallest absolute Gasteiger partial charge is 0.332 e. The van der Waals surface area contributed by atoms with Gasteiger partial charge in [-0.1, -0.05) is 17.7 Å². The molecule has 0 saturated carbocycles. The number of ether oxygens (including phenoxy) is 1. The minimum absolute atomic E-state index is 0.113. The van der Waals surface area contributed by atoms with Gasteiger partial charge in [-0.3, -0.25) is 13.9 Å². The van der Waals surface area contributed by atoms with Crippen LogP contribution in [0.1, 0.15) is 5.56 Å². The van der Waals surface area contributed by atoms with E-state index in [1.54, 1.807) is 18.2 Å². The minimum Gasteiger partial charge on any atom is -0.495 e. The number of rotatable bonds is 6. The van der Waals surface area contributed by atoms with Crippen LogP contribution in [0.5, 0.6) is 5.75 Å². The summed E-state index contributed by atoms with van der Waals surface area (Å²) in [4.78, 5) is 24.1. The molecule has 2 aromatic rings. The molecule has 2 N–H and O–H groups in total. The lowest BCUT2D eigenvalue weighted by molar-refractivity contribution is 0.310. The maximum absolute atomic E-state index is 12.4. The molecule has 0 aliphatic heterocycles. The van der Waals surface area contributed by atoms with Gasteiger partial charge in [0.05, 0.1) is 25.3 Å². The number of halogens is 1. The molecule has 0 aliphatic carbocycles. The van der Waals surface area contributed by atoms with Gasteiger partial charge in [0.25, 0.3) is 5.56 Å². The summed E-state index contributed by atoms with van der Waals surface area (Å²) >= 11 is 6.10. The van der Waals surface area contributed by atoms with E-state index in [2.05, 4.69) is 5.32 Å². The van der Waals surface area contributed by atoms with E-state index in [1.165, 1.54) is 24.8 Å². The fourth-order valence-corrected chi connectivity index (χ4v) is 2.42. The molecule has 1 aromatic heterocycles. The highest BCUT2D eigenvalue weighted by Gasteiger charge is 2.11. The van der Waals surface area contributed by atoms with Crippen molar-refractivity contribution in [2.24, 2.45) is 7.05 Å². The summed E-state index contributed by atoms with van der Waals surface area (Å²) in [6.45, 7) is 0.345. The Bertz CT molecular complexity index is 813. The van der Waals surface area contributed by atoms with Crippen molar-refractivity contribution in [1.82, 2.24) is 9.13 Å². The SMILES string of the molecule is COc1ccc(Cn2c(NCCO)cc(=O)n(C)c2=O)cc1Cl. The molecule has 23 heavy (non-hydrogen) atoms. The molecule has 124 valence electrons. The molecule has 2 rings (SSSR count). The van der Waals surface area contributed by atoms with Crippen molar-refractivity contribution in [3.05, 3.63) is 55.7 Å². The van der Waals surface area contributed by atoms with E-state index in [4.69, 9.17) is 21.4 Å². The molecule has 8 heteroatoms. The largest absolute Gasteiger partial charge is 0.495 e. The molecule has 0 unspecified atom stereocenters. The van der Waals surface area contributed by atoms with Gasteiger partial charge in [-0.15, -0.1) is 0 Å². The maximum Gasteiger partial charge on any atom is 0.332 e. The van der Waals surface area contributed by atoms with Gasteiger partial charge >= 0.3 is 5.69 Å². The van der Waals surface area contributed by atoms with Gasteiger partial charge in [0.15, 0.2) is 0 Å². The molecule has 1 aromatic carbocycles. The van der Waals surface area contributed by atoms with E-state index in [0.29, 0.717) is 16.6 Å². The Balaban J connectivity index is 2.45. The van der Waals surface area contributed by atoms with Crippen molar-refractivity contribution in [1.29, 1.82) is 0 Å². The molecule has 0 bridgehead atoms.